The maximum atomic E-state index is 11.9. The molecule has 0 bridgehead atoms. The Bertz CT molecular complexity index is 752. The highest BCUT2D eigenvalue weighted by molar-refractivity contribution is 7.14. The Morgan fingerprint density at radius 1 is 1.25 bits per heavy atom. The molecule has 1 atom stereocenters. The number of rotatable bonds is 6. The van der Waals surface area contributed by atoms with Crippen molar-refractivity contribution in [3.8, 4) is 11.5 Å². The Balaban J connectivity index is 1.99. The van der Waals surface area contributed by atoms with Crippen LogP contribution in [0.2, 0.25) is 0 Å². The molecule has 0 spiro atoms. The predicted molar refractivity (Wildman–Crippen MR) is 89.2 cm³/mol. The fourth-order valence-electron chi connectivity index (χ4n) is 1.85. The predicted octanol–water partition coefficient (Wildman–Crippen LogP) is 1.50. The van der Waals surface area contributed by atoms with E-state index >= 15 is 0 Å². The summed E-state index contributed by atoms with van der Waals surface area (Å²) in [6.07, 6.45) is 0. The van der Waals surface area contributed by atoms with Crippen molar-refractivity contribution in [2.45, 2.75) is 33.4 Å². The summed E-state index contributed by atoms with van der Waals surface area (Å²) in [7, 11) is 0. The molecule has 0 aromatic carbocycles. The minimum atomic E-state index is -0.650. The fourth-order valence-corrected chi connectivity index (χ4v) is 2.55. The van der Waals surface area contributed by atoms with Crippen molar-refractivity contribution >= 4 is 34.2 Å². The summed E-state index contributed by atoms with van der Waals surface area (Å²) in [5.41, 5.74) is 0.580. The van der Waals surface area contributed by atoms with Crippen molar-refractivity contribution < 1.29 is 18.8 Å². The van der Waals surface area contributed by atoms with Crippen molar-refractivity contribution in [1.82, 2.24) is 15.6 Å². The lowest BCUT2D eigenvalue weighted by Crippen LogP contribution is -2.40. The summed E-state index contributed by atoms with van der Waals surface area (Å²) >= 11 is 1.25. The fraction of sp³-hybridized carbons (Fsp3) is 0.333. The molecule has 2 rings (SSSR count). The van der Waals surface area contributed by atoms with E-state index in [1.165, 1.54) is 25.2 Å². The highest BCUT2D eigenvalue weighted by Gasteiger charge is 2.16. The number of carbonyl (C=O) groups is 3. The molecule has 24 heavy (non-hydrogen) atoms. The van der Waals surface area contributed by atoms with Gasteiger partial charge in [-0.1, -0.05) is 0 Å². The van der Waals surface area contributed by atoms with Crippen LogP contribution in [-0.4, -0.2) is 28.7 Å². The van der Waals surface area contributed by atoms with Crippen molar-refractivity contribution in [1.29, 1.82) is 0 Å². The second-order valence-corrected chi connectivity index (χ2v) is 5.98. The minimum Gasteiger partial charge on any atom is -0.458 e. The van der Waals surface area contributed by atoms with Crippen LogP contribution in [-0.2, 0) is 20.9 Å². The van der Waals surface area contributed by atoms with Crippen molar-refractivity contribution in [2.24, 2.45) is 0 Å². The standard InChI is InChI=1S/C15H18N4O4S/c1-8(17-10(3)21)14(22)19-15-18-12(7-24-15)13-5-4-11(23-13)6-16-9(2)20/h4-5,7-8H,6H2,1-3H3,(H,16,20)(H,17,21)(H,18,19,22). The first-order chi connectivity index (χ1) is 11.3. The van der Waals surface area contributed by atoms with E-state index < -0.39 is 6.04 Å². The third kappa shape index (κ3) is 4.92. The minimum absolute atomic E-state index is 0.139. The van der Waals surface area contributed by atoms with Gasteiger partial charge in [0.2, 0.25) is 17.7 Å². The molecule has 9 heteroatoms. The summed E-state index contributed by atoms with van der Waals surface area (Å²) in [5, 5.41) is 9.94. The van der Waals surface area contributed by atoms with Crippen molar-refractivity contribution in [2.75, 3.05) is 5.32 Å². The van der Waals surface area contributed by atoms with Gasteiger partial charge in [0.15, 0.2) is 10.9 Å². The molecule has 0 saturated carbocycles. The summed E-state index contributed by atoms with van der Waals surface area (Å²) in [6, 6.07) is 2.85. The van der Waals surface area contributed by atoms with Crippen LogP contribution in [0.3, 0.4) is 0 Å². The van der Waals surface area contributed by atoms with Crippen LogP contribution in [0.1, 0.15) is 26.5 Å². The Kier molecular flexibility index (Phi) is 5.69. The number of aromatic nitrogens is 1. The van der Waals surface area contributed by atoms with Crippen LogP contribution in [0, 0.1) is 0 Å². The first-order valence-corrected chi connectivity index (χ1v) is 8.10. The molecule has 0 aliphatic heterocycles. The van der Waals surface area contributed by atoms with Gasteiger partial charge >= 0.3 is 0 Å². The van der Waals surface area contributed by atoms with Gasteiger partial charge in [0, 0.05) is 19.2 Å². The Morgan fingerprint density at radius 2 is 2.00 bits per heavy atom. The lowest BCUT2D eigenvalue weighted by atomic mass is 10.3. The molecule has 0 fully saturated rings. The molecule has 3 N–H and O–H groups in total. The maximum Gasteiger partial charge on any atom is 0.248 e. The number of nitrogens with zero attached hydrogens (tertiary/aromatic N) is 1. The van der Waals surface area contributed by atoms with Gasteiger partial charge in [-0.2, -0.15) is 0 Å². The third-order valence-corrected chi connectivity index (χ3v) is 3.73. The Hall–Kier alpha value is -2.68. The highest BCUT2D eigenvalue weighted by atomic mass is 32.1. The summed E-state index contributed by atoms with van der Waals surface area (Å²) in [6.45, 7) is 4.67. The van der Waals surface area contributed by atoms with Crippen LogP contribution in [0.4, 0.5) is 5.13 Å². The van der Waals surface area contributed by atoms with E-state index in [0.29, 0.717) is 28.9 Å². The SMILES string of the molecule is CC(=O)NCc1ccc(-c2csc(NC(=O)C(C)NC(C)=O)n2)o1. The van der Waals surface area contributed by atoms with E-state index in [9.17, 15) is 14.4 Å². The Morgan fingerprint density at radius 3 is 2.67 bits per heavy atom. The van der Waals surface area contributed by atoms with Gasteiger partial charge in [-0.15, -0.1) is 11.3 Å². The second-order valence-electron chi connectivity index (χ2n) is 5.13. The molecule has 0 saturated heterocycles. The maximum absolute atomic E-state index is 11.9. The molecule has 0 radical (unpaired) electrons. The van der Waals surface area contributed by atoms with Crippen LogP contribution in [0.5, 0.6) is 0 Å². The lowest BCUT2D eigenvalue weighted by Gasteiger charge is -2.10. The zero-order valence-corrected chi connectivity index (χ0v) is 14.3. The van der Waals surface area contributed by atoms with Gasteiger partial charge in [0.1, 0.15) is 17.5 Å². The molecular weight excluding hydrogens is 332 g/mol. The summed E-state index contributed by atoms with van der Waals surface area (Å²) in [4.78, 5) is 38.1. The Labute approximate surface area is 142 Å². The topological polar surface area (TPSA) is 113 Å². The summed E-state index contributed by atoms with van der Waals surface area (Å²) in [5.74, 6) is 0.386. The molecule has 0 aliphatic carbocycles. The van der Waals surface area contributed by atoms with Gasteiger partial charge in [0.25, 0.3) is 0 Å². The monoisotopic (exact) mass is 350 g/mol. The zero-order valence-electron chi connectivity index (χ0n) is 13.5. The zero-order chi connectivity index (χ0) is 17.7. The molecule has 2 aromatic heterocycles. The number of carbonyl (C=O) groups excluding carboxylic acids is 3. The van der Waals surface area contributed by atoms with Gasteiger partial charge in [0.05, 0.1) is 6.54 Å². The number of amides is 3. The van der Waals surface area contributed by atoms with Gasteiger partial charge < -0.3 is 20.4 Å². The van der Waals surface area contributed by atoms with E-state index in [-0.39, 0.29) is 17.7 Å². The number of nitrogens with one attached hydrogen (secondary N) is 3. The average molecular weight is 350 g/mol. The number of hydrogen-bond donors (Lipinski definition) is 3. The quantitative estimate of drug-likeness (QED) is 0.731. The number of thiazole rings is 1. The molecule has 128 valence electrons. The normalized spacial score (nSPS) is 11.6. The van der Waals surface area contributed by atoms with Crippen molar-refractivity contribution in [3.05, 3.63) is 23.3 Å². The van der Waals surface area contributed by atoms with Crippen LogP contribution in [0.15, 0.2) is 21.9 Å². The van der Waals surface area contributed by atoms with E-state index in [1.807, 2.05) is 0 Å². The summed E-state index contributed by atoms with van der Waals surface area (Å²) < 4.78 is 5.60. The van der Waals surface area contributed by atoms with E-state index in [1.54, 1.807) is 24.4 Å². The van der Waals surface area contributed by atoms with Gasteiger partial charge in [-0.25, -0.2) is 4.98 Å². The largest absolute Gasteiger partial charge is 0.458 e. The number of furan rings is 1. The van der Waals surface area contributed by atoms with Crippen LogP contribution >= 0.6 is 11.3 Å². The van der Waals surface area contributed by atoms with E-state index in [0.717, 1.165) is 0 Å². The molecule has 0 aliphatic rings. The second kappa shape index (κ2) is 7.73. The number of anilines is 1. The van der Waals surface area contributed by atoms with E-state index in [2.05, 4.69) is 20.9 Å². The molecule has 8 nitrogen and oxygen atoms in total. The molecule has 1 unspecified atom stereocenters. The lowest BCUT2D eigenvalue weighted by molar-refractivity contribution is -0.124. The average Bonchev–Trinajstić information content (AvgIpc) is 3.13. The molecule has 3 amide bonds. The molecular formula is C15H18N4O4S. The third-order valence-electron chi connectivity index (χ3n) is 2.97. The van der Waals surface area contributed by atoms with Gasteiger partial charge in [-0.3, -0.25) is 14.4 Å². The van der Waals surface area contributed by atoms with Crippen LogP contribution < -0.4 is 16.0 Å². The highest BCUT2D eigenvalue weighted by Crippen LogP contribution is 2.26. The smallest absolute Gasteiger partial charge is 0.248 e. The molecule has 2 heterocycles. The first kappa shape index (κ1) is 17.7. The first-order valence-electron chi connectivity index (χ1n) is 7.22. The van der Waals surface area contributed by atoms with Gasteiger partial charge in [-0.05, 0) is 19.1 Å². The van der Waals surface area contributed by atoms with Crippen molar-refractivity contribution in [3.63, 3.8) is 0 Å². The van der Waals surface area contributed by atoms with E-state index in [4.69, 9.17) is 4.42 Å². The molecule has 2 aromatic rings. The number of hydrogen-bond acceptors (Lipinski definition) is 6. The van der Waals surface area contributed by atoms with Crippen LogP contribution in [0.25, 0.3) is 11.5 Å².